The molecule has 0 N–H and O–H groups in total. The average Bonchev–Trinajstić information content (AvgIpc) is 2.01. The van der Waals surface area contributed by atoms with Crippen molar-refractivity contribution in [2.24, 2.45) is 0 Å². The molecule has 0 aromatic heterocycles. The van der Waals surface area contributed by atoms with Crippen LogP contribution in [0.2, 0.25) is 10.0 Å². The smallest absolute Gasteiger partial charge is 0.235 e. The van der Waals surface area contributed by atoms with Crippen molar-refractivity contribution in [2.75, 3.05) is 0 Å². The lowest BCUT2D eigenvalue weighted by Gasteiger charge is -1.97. The predicted molar refractivity (Wildman–Crippen MR) is 41.2 cm³/mol. The van der Waals surface area contributed by atoms with E-state index >= 15 is 0 Å². The number of hydrogen-bond acceptors (Lipinski definition) is 1. The SMILES string of the molecule is O=[C]c1ccc(Cl)c(F)c1Cl. The molecule has 0 unspecified atom stereocenters. The van der Waals surface area contributed by atoms with Crippen LogP contribution in [0.1, 0.15) is 5.56 Å². The fourth-order valence-corrected chi connectivity index (χ4v) is 1.01. The van der Waals surface area contributed by atoms with Crippen LogP contribution < -0.4 is 0 Å². The molecule has 57 valence electrons. The van der Waals surface area contributed by atoms with E-state index in [1.165, 1.54) is 18.4 Å². The van der Waals surface area contributed by atoms with Crippen LogP contribution in [0.5, 0.6) is 0 Å². The van der Waals surface area contributed by atoms with E-state index in [0.29, 0.717) is 0 Å². The molecule has 0 saturated heterocycles. The van der Waals surface area contributed by atoms with Crippen molar-refractivity contribution in [3.8, 4) is 0 Å². The molecule has 0 aliphatic rings. The Morgan fingerprint density at radius 3 is 2.55 bits per heavy atom. The van der Waals surface area contributed by atoms with Crippen molar-refractivity contribution in [3.05, 3.63) is 33.6 Å². The lowest BCUT2D eigenvalue weighted by Crippen LogP contribution is -1.87. The number of rotatable bonds is 1. The van der Waals surface area contributed by atoms with E-state index in [0.717, 1.165) is 0 Å². The maximum Gasteiger partial charge on any atom is 0.235 e. The summed E-state index contributed by atoms with van der Waals surface area (Å²) in [6.07, 6.45) is 1.48. The molecule has 1 aromatic carbocycles. The van der Waals surface area contributed by atoms with Gasteiger partial charge in [-0.1, -0.05) is 23.2 Å². The Labute approximate surface area is 72.7 Å². The third-order valence-electron chi connectivity index (χ3n) is 1.15. The molecule has 1 nitrogen and oxygen atoms in total. The minimum atomic E-state index is -0.783. The highest BCUT2D eigenvalue weighted by atomic mass is 35.5. The minimum Gasteiger partial charge on any atom is -0.285 e. The number of hydrogen-bond donors (Lipinski definition) is 0. The molecule has 0 heterocycles. The number of benzene rings is 1. The van der Waals surface area contributed by atoms with Gasteiger partial charge < -0.3 is 0 Å². The molecule has 0 saturated carbocycles. The molecule has 0 fully saturated rings. The van der Waals surface area contributed by atoms with E-state index < -0.39 is 5.82 Å². The van der Waals surface area contributed by atoms with Crippen LogP contribution in [0.15, 0.2) is 12.1 Å². The maximum absolute atomic E-state index is 12.7. The molecule has 4 heteroatoms. The molecular formula is C7H2Cl2FO. The first-order valence-electron chi connectivity index (χ1n) is 2.68. The summed E-state index contributed by atoms with van der Waals surface area (Å²) in [7, 11) is 0. The Balaban J connectivity index is 3.36. The summed E-state index contributed by atoms with van der Waals surface area (Å²) < 4.78 is 12.7. The molecule has 0 amide bonds. The first-order valence-corrected chi connectivity index (χ1v) is 3.44. The van der Waals surface area contributed by atoms with Crippen molar-refractivity contribution in [2.45, 2.75) is 0 Å². The first-order chi connectivity index (χ1) is 5.16. The highest BCUT2D eigenvalue weighted by Gasteiger charge is 2.09. The van der Waals surface area contributed by atoms with E-state index in [1.807, 2.05) is 0 Å². The number of carbonyl (C=O) groups excluding carboxylic acids is 1. The fourth-order valence-electron chi connectivity index (χ4n) is 0.605. The van der Waals surface area contributed by atoms with Gasteiger partial charge in [0.2, 0.25) is 6.29 Å². The van der Waals surface area contributed by atoms with Crippen LogP contribution in [0.3, 0.4) is 0 Å². The molecule has 11 heavy (non-hydrogen) atoms. The second-order valence-electron chi connectivity index (χ2n) is 1.82. The van der Waals surface area contributed by atoms with Gasteiger partial charge in [0, 0.05) is 5.56 Å². The first kappa shape index (κ1) is 8.50. The van der Waals surface area contributed by atoms with Gasteiger partial charge in [-0.05, 0) is 12.1 Å². The Kier molecular flexibility index (Phi) is 2.47. The van der Waals surface area contributed by atoms with E-state index in [1.54, 1.807) is 0 Å². The second kappa shape index (κ2) is 3.20. The average molecular weight is 192 g/mol. The summed E-state index contributed by atoms with van der Waals surface area (Å²) in [5.74, 6) is -0.783. The largest absolute Gasteiger partial charge is 0.285 e. The highest BCUT2D eigenvalue weighted by Crippen LogP contribution is 2.24. The van der Waals surface area contributed by atoms with Gasteiger partial charge in [-0.2, -0.15) is 0 Å². The van der Waals surface area contributed by atoms with Gasteiger partial charge >= 0.3 is 0 Å². The molecule has 0 aliphatic carbocycles. The summed E-state index contributed by atoms with van der Waals surface area (Å²) in [5, 5.41) is -0.387. The summed E-state index contributed by atoms with van der Waals surface area (Å²) in [4.78, 5) is 10.1. The van der Waals surface area contributed by atoms with Crippen molar-refractivity contribution < 1.29 is 9.18 Å². The third kappa shape index (κ3) is 1.52. The minimum absolute atomic E-state index is 0.0198. The van der Waals surface area contributed by atoms with Gasteiger partial charge in [-0.15, -0.1) is 0 Å². The quantitative estimate of drug-likeness (QED) is 0.625. The Morgan fingerprint density at radius 1 is 1.36 bits per heavy atom. The highest BCUT2D eigenvalue weighted by molar-refractivity contribution is 6.36. The zero-order valence-electron chi connectivity index (χ0n) is 5.20. The van der Waals surface area contributed by atoms with E-state index in [4.69, 9.17) is 23.2 Å². The van der Waals surface area contributed by atoms with Crippen LogP contribution in [0.25, 0.3) is 0 Å². The summed E-state index contributed by atoms with van der Waals surface area (Å²) in [6.45, 7) is 0. The summed E-state index contributed by atoms with van der Waals surface area (Å²) in [6, 6.07) is 2.56. The zero-order valence-corrected chi connectivity index (χ0v) is 6.71. The van der Waals surface area contributed by atoms with Gasteiger partial charge in [0.05, 0.1) is 10.0 Å². The monoisotopic (exact) mass is 191 g/mol. The lowest BCUT2D eigenvalue weighted by atomic mass is 10.2. The lowest BCUT2D eigenvalue weighted by molar-refractivity contribution is 0.562. The van der Waals surface area contributed by atoms with Gasteiger partial charge in [0.25, 0.3) is 0 Å². The molecule has 1 radical (unpaired) electrons. The number of halogens is 3. The predicted octanol–water partition coefficient (Wildman–Crippen LogP) is 2.59. The normalized spacial score (nSPS) is 9.73. The Morgan fingerprint density at radius 2 is 2.00 bits per heavy atom. The van der Waals surface area contributed by atoms with Crippen LogP contribution in [0, 0.1) is 5.82 Å². The van der Waals surface area contributed by atoms with Crippen molar-refractivity contribution in [1.29, 1.82) is 0 Å². The Hall–Kier alpha value is -0.600. The van der Waals surface area contributed by atoms with Gasteiger partial charge in [0.1, 0.15) is 0 Å². The molecule has 1 aromatic rings. The molecular weight excluding hydrogens is 190 g/mol. The summed E-state index contributed by atoms with van der Waals surface area (Å²) >= 11 is 10.7. The third-order valence-corrected chi connectivity index (χ3v) is 1.81. The van der Waals surface area contributed by atoms with Crippen molar-refractivity contribution in [3.63, 3.8) is 0 Å². The van der Waals surface area contributed by atoms with Gasteiger partial charge in [0.15, 0.2) is 5.82 Å². The molecule has 1 rings (SSSR count). The van der Waals surface area contributed by atoms with Crippen LogP contribution >= 0.6 is 23.2 Å². The van der Waals surface area contributed by atoms with E-state index in [9.17, 15) is 9.18 Å². The van der Waals surface area contributed by atoms with Crippen LogP contribution in [-0.4, -0.2) is 6.29 Å². The fraction of sp³-hybridized carbons (Fsp3) is 0. The Bertz CT molecular complexity index is 299. The molecule has 0 atom stereocenters. The maximum atomic E-state index is 12.7. The zero-order chi connectivity index (χ0) is 8.43. The van der Waals surface area contributed by atoms with Crippen LogP contribution in [0.4, 0.5) is 4.39 Å². The molecule has 0 aliphatic heterocycles. The second-order valence-corrected chi connectivity index (χ2v) is 2.61. The summed E-state index contributed by atoms with van der Waals surface area (Å²) in [5.41, 5.74) is -0.0198. The van der Waals surface area contributed by atoms with Gasteiger partial charge in [-0.25, -0.2) is 4.39 Å². The van der Waals surface area contributed by atoms with Gasteiger partial charge in [-0.3, -0.25) is 4.79 Å². The van der Waals surface area contributed by atoms with Crippen molar-refractivity contribution >= 4 is 29.5 Å². The topological polar surface area (TPSA) is 17.1 Å². The van der Waals surface area contributed by atoms with E-state index in [-0.39, 0.29) is 15.6 Å². The molecule has 0 spiro atoms. The molecule has 0 bridgehead atoms. The van der Waals surface area contributed by atoms with Crippen LogP contribution in [-0.2, 0) is 4.79 Å². The van der Waals surface area contributed by atoms with E-state index in [2.05, 4.69) is 0 Å². The standard InChI is InChI=1S/C7H2Cl2FO/c8-5-2-1-4(3-11)6(9)7(5)10/h1-2H. The van der Waals surface area contributed by atoms with Crippen molar-refractivity contribution in [1.82, 2.24) is 0 Å².